The molecule has 0 heterocycles. The molecule has 59 heavy (non-hydrogen) atoms. The highest BCUT2D eigenvalue weighted by Crippen LogP contribution is 2.43. The molecule has 0 bridgehead atoms. The number of phosphoric acid groups is 1. The van der Waals surface area contributed by atoms with Crippen LogP contribution in [-0.4, -0.2) is 75.6 Å². The Bertz CT molecular complexity index is 1130. The van der Waals surface area contributed by atoms with Crippen molar-refractivity contribution in [3.63, 3.8) is 0 Å². The van der Waals surface area contributed by atoms with Crippen molar-refractivity contribution in [2.24, 2.45) is 0 Å². The van der Waals surface area contributed by atoms with Crippen molar-refractivity contribution < 1.29 is 37.3 Å². The van der Waals surface area contributed by atoms with Crippen LogP contribution in [0.5, 0.6) is 0 Å². The topological polar surface area (TPSA) is 91.3 Å². The number of allylic oxidation sites excluding steroid dienone is 10. The van der Waals surface area contributed by atoms with Gasteiger partial charge in [0.2, 0.25) is 0 Å². The van der Waals surface area contributed by atoms with Crippen molar-refractivity contribution in [1.29, 1.82) is 0 Å². The van der Waals surface area contributed by atoms with Gasteiger partial charge in [0.15, 0.2) is 0 Å². The summed E-state index contributed by atoms with van der Waals surface area (Å²) in [6.45, 7) is 5.49. The lowest BCUT2D eigenvalue weighted by Crippen LogP contribution is -2.37. The van der Waals surface area contributed by atoms with E-state index >= 15 is 0 Å². The maximum Gasteiger partial charge on any atom is 0.472 e. The maximum absolute atomic E-state index is 12.7. The Morgan fingerprint density at radius 1 is 0.542 bits per heavy atom. The lowest BCUT2D eigenvalue weighted by atomic mass is 10.1. The largest absolute Gasteiger partial charge is 0.472 e. The van der Waals surface area contributed by atoms with Crippen molar-refractivity contribution >= 4 is 13.8 Å². The zero-order chi connectivity index (χ0) is 43.4. The maximum atomic E-state index is 12.7. The first-order valence-corrected chi connectivity index (χ1v) is 25.5. The standard InChI is InChI=1S/C50H92NO7P/c1-6-8-10-12-14-16-18-20-22-24-25-26-27-28-29-31-33-35-37-39-41-43-50(52)58-49(48-57-59(53,54)56-46-44-51(3,4)5)47-55-45-42-40-38-36-34-32-30-23-21-19-17-15-13-11-9-7-2/h8,10,14,16,20-23,25-26,49H,6-7,9,11-13,15,17-19,24,27-48H2,1-5H3/p+1/b10-8-,16-14-,22-20-,23-21-,26-25-. The highest BCUT2D eigenvalue weighted by molar-refractivity contribution is 7.47. The molecule has 0 aliphatic carbocycles. The molecule has 0 aliphatic heterocycles. The van der Waals surface area contributed by atoms with Crippen LogP contribution in [-0.2, 0) is 27.9 Å². The molecule has 0 aliphatic rings. The minimum Gasteiger partial charge on any atom is -0.457 e. The Morgan fingerprint density at radius 3 is 1.49 bits per heavy atom. The van der Waals surface area contributed by atoms with Gasteiger partial charge < -0.3 is 18.9 Å². The van der Waals surface area contributed by atoms with Crippen molar-refractivity contribution in [3.05, 3.63) is 60.8 Å². The molecule has 2 atom stereocenters. The summed E-state index contributed by atoms with van der Waals surface area (Å²) in [5, 5.41) is 0. The zero-order valence-electron chi connectivity index (χ0n) is 39.0. The van der Waals surface area contributed by atoms with Crippen molar-refractivity contribution in [3.8, 4) is 0 Å². The Balaban J connectivity index is 4.21. The number of ether oxygens (including phenoxy) is 2. The first-order valence-electron chi connectivity index (χ1n) is 24.0. The number of likely N-dealkylation sites (N-methyl/N-ethyl adjacent to an activating group) is 1. The van der Waals surface area contributed by atoms with E-state index in [-0.39, 0.29) is 25.8 Å². The molecule has 0 aromatic rings. The fraction of sp³-hybridized carbons (Fsp3) is 0.780. The van der Waals surface area contributed by atoms with Crippen LogP contribution >= 0.6 is 7.82 Å². The molecule has 0 amide bonds. The van der Waals surface area contributed by atoms with E-state index in [1.54, 1.807) is 0 Å². The van der Waals surface area contributed by atoms with Gasteiger partial charge in [-0.25, -0.2) is 4.57 Å². The highest BCUT2D eigenvalue weighted by atomic mass is 31.2. The predicted molar refractivity (Wildman–Crippen MR) is 252 cm³/mol. The molecule has 0 aromatic carbocycles. The monoisotopic (exact) mass is 851 g/mol. The van der Waals surface area contributed by atoms with Gasteiger partial charge in [-0.05, 0) is 77.0 Å². The molecule has 8 nitrogen and oxygen atoms in total. The van der Waals surface area contributed by atoms with Gasteiger partial charge in [0.05, 0.1) is 34.4 Å². The van der Waals surface area contributed by atoms with E-state index in [0.29, 0.717) is 24.1 Å². The molecule has 0 rings (SSSR count). The molecule has 0 radical (unpaired) electrons. The Kier molecular flexibility index (Phi) is 41.6. The Labute approximate surface area is 364 Å². The van der Waals surface area contributed by atoms with E-state index in [2.05, 4.69) is 74.6 Å². The first-order chi connectivity index (χ1) is 28.6. The van der Waals surface area contributed by atoms with Gasteiger partial charge in [-0.1, -0.05) is 171 Å². The van der Waals surface area contributed by atoms with Crippen LogP contribution in [0.25, 0.3) is 0 Å². The van der Waals surface area contributed by atoms with Crippen LogP contribution in [0.1, 0.15) is 194 Å². The molecule has 0 saturated carbocycles. The van der Waals surface area contributed by atoms with Crippen LogP contribution in [0.15, 0.2) is 60.8 Å². The van der Waals surface area contributed by atoms with Gasteiger partial charge in [-0.15, -0.1) is 0 Å². The lowest BCUT2D eigenvalue weighted by molar-refractivity contribution is -0.870. The van der Waals surface area contributed by atoms with Crippen LogP contribution in [0, 0.1) is 0 Å². The fourth-order valence-electron chi connectivity index (χ4n) is 6.36. The smallest absolute Gasteiger partial charge is 0.457 e. The summed E-state index contributed by atoms with van der Waals surface area (Å²) < 4.78 is 35.1. The molecule has 9 heteroatoms. The number of quaternary nitrogens is 1. The number of hydrogen-bond donors (Lipinski definition) is 1. The third kappa shape index (κ3) is 47.1. The summed E-state index contributed by atoms with van der Waals surface area (Å²) in [6, 6.07) is 0. The van der Waals surface area contributed by atoms with Crippen LogP contribution in [0.2, 0.25) is 0 Å². The van der Waals surface area contributed by atoms with Gasteiger partial charge in [-0.3, -0.25) is 13.8 Å². The Morgan fingerprint density at radius 2 is 0.983 bits per heavy atom. The number of unbranched alkanes of at least 4 members (excludes halogenated alkanes) is 20. The van der Waals surface area contributed by atoms with E-state index in [9.17, 15) is 14.3 Å². The molecular formula is C50H93NO7P+. The predicted octanol–water partition coefficient (Wildman–Crippen LogP) is 14.5. The molecule has 0 saturated heterocycles. The van der Waals surface area contributed by atoms with Crippen LogP contribution in [0.3, 0.4) is 0 Å². The van der Waals surface area contributed by atoms with Crippen molar-refractivity contribution in [2.75, 3.05) is 54.1 Å². The molecule has 2 unspecified atom stereocenters. The third-order valence-electron chi connectivity index (χ3n) is 10.1. The van der Waals surface area contributed by atoms with Gasteiger partial charge >= 0.3 is 13.8 Å². The van der Waals surface area contributed by atoms with Crippen molar-refractivity contribution in [2.45, 2.75) is 200 Å². The second-order valence-electron chi connectivity index (χ2n) is 17.1. The van der Waals surface area contributed by atoms with Gasteiger partial charge in [0.25, 0.3) is 0 Å². The van der Waals surface area contributed by atoms with E-state index in [1.807, 2.05) is 21.1 Å². The Hall–Kier alpha value is -1.80. The molecular weight excluding hydrogens is 758 g/mol. The second-order valence-corrected chi connectivity index (χ2v) is 18.6. The average molecular weight is 851 g/mol. The minimum absolute atomic E-state index is 0.0835. The first kappa shape index (κ1) is 57.2. The number of carbonyl (C=O) groups excluding carboxylic acids is 1. The van der Waals surface area contributed by atoms with Crippen LogP contribution < -0.4 is 0 Å². The van der Waals surface area contributed by atoms with E-state index in [4.69, 9.17) is 18.5 Å². The lowest BCUT2D eigenvalue weighted by Gasteiger charge is -2.24. The third-order valence-corrected chi connectivity index (χ3v) is 11.0. The normalized spacial score (nSPS) is 14.2. The van der Waals surface area contributed by atoms with Crippen molar-refractivity contribution in [1.82, 2.24) is 0 Å². The summed E-state index contributed by atoms with van der Waals surface area (Å²) in [7, 11) is 1.65. The summed E-state index contributed by atoms with van der Waals surface area (Å²) in [6.07, 6.45) is 54.0. The molecule has 344 valence electrons. The van der Waals surface area contributed by atoms with Gasteiger partial charge in [0, 0.05) is 13.0 Å². The van der Waals surface area contributed by atoms with Gasteiger partial charge in [-0.2, -0.15) is 0 Å². The summed E-state index contributed by atoms with van der Waals surface area (Å²) in [5.41, 5.74) is 0. The number of rotatable bonds is 44. The number of nitrogens with zero attached hydrogens (tertiary/aromatic N) is 1. The summed E-state index contributed by atoms with van der Waals surface area (Å²) in [4.78, 5) is 23.0. The quantitative estimate of drug-likeness (QED) is 0.0215. The molecule has 1 N–H and O–H groups in total. The summed E-state index contributed by atoms with van der Waals surface area (Å²) in [5.74, 6) is -0.325. The molecule has 0 aromatic heterocycles. The molecule has 0 fully saturated rings. The second kappa shape index (κ2) is 42.9. The van der Waals surface area contributed by atoms with Gasteiger partial charge in [0.1, 0.15) is 19.3 Å². The number of esters is 1. The number of hydrogen-bond acceptors (Lipinski definition) is 6. The van der Waals surface area contributed by atoms with E-state index < -0.39 is 13.9 Å². The fourth-order valence-corrected chi connectivity index (χ4v) is 7.10. The van der Waals surface area contributed by atoms with E-state index in [1.165, 1.54) is 109 Å². The average Bonchev–Trinajstić information content (AvgIpc) is 3.19. The SMILES string of the molecule is CC/C=C\C/C=C\C/C=C\C/C=C\CCCCCCCCCCC(=O)OC(COCCCCCCCC/C=C\CCCCCCCC)COP(=O)(O)OCC[N+](C)(C)C. The summed E-state index contributed by atoms with van der Waals surface area (Å²) >= 11 is 0. The minimum atomic E-state index is -4.28. The van der Waals surface area contributed by atoms with E-state index in [0.717, 1.165) is 64.2 Å². The number of carbonyl (C=O) groups is 1. The highest BCUT2D eigenvalue weighted by Gasteiger charge is 2.26. The van der Waals surface area contributed by atoms with Crippen LogP contribution in [0.4, 0.5) is 0 Å². The number of phosphoric ester groups is 1. The zero-order valence-corrected chi connectivity index (χ0v) is 39.9. The molecule has 0 spiro atoms.